The second-order valence-corrected chi connectivity index (χ2v) is 6.92. The van der Waals surface area contributed by atoms with Crippen LogP contribution in [0.2, 0.25) is 0 Å². The van der Waals surface area contributed by atoms with Gasteiger partial charge in [0.25, 0.3) is 0 Å². The van der Waals surface area contributed by atoms with Crippen molar-refractivity contribution in [2.24, 2.45) is 4.99 Å². The first kappa shape index (κ1) is 18.6. The van der Waals surface area contributed by atoms with Crippen molar-refractivity contribution in [2.75, 3.05) is 38.3 Å². The molecule has 0 radical (unpaired) electrons. The number of halogens is 1. The normalized spacial score (nSPS) is 19.1. The second kappa shape index (κ2) is 8.48. The zero-order valence-corrected chi connectivity index (χ0v) is 16.0. The van der Waals surface area contributed by atoms with Crippen LogP contribution in [0, 0.1) is 5.82 Å². The number of hydrogen-bond acceptors (Lipinski definition) is 6. The largest absolute Gasteiger partial charge is 0.385 e. The van der Waals surface area contributed by atoms with E-state index in [0.717, 1.165) is 31.6 Å². The van der Waals surface area contributed by atoms with Gasteiger partial charge in [-0.1, -0.05) is 6.07 Å². The van der Waals surface area contributed by atoms with Crippen LogP contribution in [0.1, 0.15) is 24.8 Å². The molecule has 0 N–H and O–H groups in total. The first-order chi connectivity index (χ1) is 13.8. The molecule has 2 aromatic rings. The molecule has 0 saturated carbocycles. The van der Waals surface area contributed by atoms with Gasteiger partial charge in [-0.3, -0.25) is 4.99 Å². The summed E-state index contributed by atoms with van der Waals surface area (Å²) in [4.78, 5) is 18.1. The van der Waals surface area contributed by atoms with Gasteiger partial charge in [0.05, 0.1) is 0 Å². The Bertz CT molecular complexity index is 870. The van der Waals surface area contributed by atoms with Crippen molar-refractivity contribution in [3.63, 3.8) is 0 Å². The Balaban J connectivity index is 1.59. The molecular formula is C21H24FN5O. The lowest BCUT2D eigenvalue weighted by Crippen LogP contribution is -2.41. The minimum Gasteiger partial charge on any atom is -0.385 e. The predicted octanol–water partition coefficient (Wildman–Crippen LogP) is 3.20. The quantitative estimate of drug-likeness (QED) is 0.720. The lowest BCUT2D eigenvalue weighted by molar-refractivity contribution is 0.164. The zero-order valence-electron chi connectivity index (χ0n) is 16.0. The van der Waals surface area contributed by atoms with Crippen LogP contribution < -0.4 is 4.90 Å². The molecule has 1 unspecified atom stereocenters. The molecule has 1 aromatic carbocycles. The van der Waals surface area contributed by atoms with Crippen LogP contribution in [-0.2, 0) is 4.74 Å². The fourth-order valence-corrected chi connectivity index (χ4v) is 3.79. The van der Waals surface area contributed by atoms with Crippen LogP contribution in [0.15, 0.2) is 59.0 Å². The summed E-state index contributed by atoms with van der Waals surface area (Å²) in [5.74, 6) is 0.493. The fraction of sp³-hybridized carbons (Fsp3) is 0.381. The minimum atomic E-state index is -0.211. The number of rotatable bonds is 6. The summed E-state index contributed by atoms with van der Waals surface area (Å²) in [6.07, 6.45) is 7.00. The molecule has 6 nitrogen and oxygen atoms in total. The van der Waals surface area contributed by atoms with E-state index in [1.54, 1.807) is 31.6 Å². The number of aliphatic imine (C=N–C) groups is 1. The first-order valence-electron chi connectivity index (χ1n) is 9.54. The molecule has 0 fully saturated rings. The maximum atomic E-state index is 13.6. The Kier molecular flexibility index (Phi) is 5.62. The molecule has 7 heteroatoms. The molecule has 3 heterocycles. The van der Waals surface area contributed by atoms with Gasteiger partial charge in [-0.2, -0.15) is 0 Å². The van der Waals surface area contributed by atoms with Gasteiger partial charge in [-0.25, -0.2) is 14.4 Å². The summed E-state index contributed by atoms with van der Waals surface area (Å²) in [6.45, 7) is 3.07. The van der Waals surface area contributed by atoms with Crippen LogP contribution in [0.5, 0.6) is 0 Å². The molecule has 28 heavy (non-hydrogen) atoms. The molecule has 2 aliphatic rings. The predicted molar refractivity (Wildman–Crippen MR) is 107 cm³/mol. The minimum absolute atomic E-state index is 0.211. The average molecular weight is 381 g/mol. The number of anilines is 1. The van der Waals surface area contributed by atoms with Gasteiger partial charge in [0.1, 0.15) is 5.82 Å². The van der Waals surface area contributed by atoms with Crippen molar-refractivity contribution < 1.29 is 9.13 Å². The number of ether oxygens (including phenoxy) is 1. The van der Waals surface area contributed by atoms with E-state index in [1.807, 2.05) is 18.3 Å². The molecule has 1 atom stereocenters. The highest BCUT2D eigenvalue weighted by Gasteiger charge is 2.31. The fourth-order valence-electron chi connectivity index (χ4n) is 3.79. The smallest absolute Gasteiger partial charge is 0.181 e. The number of aromatic nitrogens is 2. The topological polar surface area (TPSA) is 53.9 Å². The molecule has 146 valence electrons. The van der Waals surface area contributed by atoms with E-state index in [2.05, 4.69) is 19.8 Å². The molecule has 0 saturated heterocycles. The van der Waals surface area contributed by atoms with Crippen LogP contribution in [0.4, 0.5) is 10.1 Å². The highest BCUT2D eigenvalue weighted by atomic mass is 19.1. The number of nitrogens with zero attached hydrogens (tertiary/aromatic N) is 5. The molecular weight excluding hydrogens is 357 g/mol. The SMILES string of the molecule is COCCCN1C2=C(C=NC1c1ncccn1)CN(c1cccc(F)c1)CC2. The Morgan fingerprint density at radius 3 is 2.86 bits per heavy atom. The first-order valence-corrected chi connectivity index (χ1v) is 9.54. The molecule has 4 rings (SSSR count). The summed E-state index contributed by atoms with van der Waals surface area (Å²) >= 11 is 0. The highest BCUT2D eigenvalue weighted by molar-refractivity contribution is 5.83. The summed E-state index contributed by atoms with van der Waals surface area (Å²) in [5, 5.41) is 0. The molecule has 1 aromatic heterocycles. The van der Waals surface area contributed by atoms with Crippen molar-refractivity contribution in [3.8, 4) is 0 Å². The molecule has 0 bridgehead atoms. The summed E-state index contributed by atoms with van der Waals surface area (Å²) in [5.41, 5.74) is 3.34. The van der Waals surface area contributed by atoms with E-state index in [-0.39, 0.29) is 12.0 Å². The van der Waals surface area contributed by atoms with Crippen LogP contribution in [0.25, 0.3) is 0 Å². The average Bonchev–Trinajstić information content (AvgIpc) is 2.74. The molecule has 2 aliphatic heterocycles. The molecule has 0 amide bonds. The monoisotopic (exact) mass is 381 g/mol. The van der Waals surface area contributed by atoms with E-state index in [0.29, 0.717) is 19.0 Å². The van der Waals surface area contributed by atoms with Crippen molar-refractivity contribution in [1.29, 1.82) is 0 Å². The van der Waals surface area contributed by atoms with Crippen LogP contribution in [-0.4, -0.2) is 54.4 Å². The summed E-state index contributed by atoms with van der Waals surface area (Å²) < 4.78 is 18.9. The summed E-state index contributed by atoms with van der Waals surface area (Å²) in [7, 11) is 1.72. The van der Waals surface area contributed by atoms with Gasteiger partial charge in [0, 0.05) is 75.3 Å². The van der Waals surface area contributed by atoms with Gasteiger partial charge in [0.2, 0.25) is 0 Å². The Morgan fingerprint density at radius 1 is 1.21 bits per heavy atom. The second-order valence-electron chi connectivity index (χ2n) is 6.92. The number of hydrogen-bond donors (Lipinski definition) is 0. The standard InChI is InChI=1S/C21H24FN5O/c1-28-12-4-10-27-19-7-11-26(18-6-2-5-17(22)13-18)15-16(19)14-25-21(27)20-23-8-3-9-24-20/h2-3,5-6,8-9,13-14,21H,4,7,10-12,15H2,1H3. The van der Waals surface area contributed by atoms with Crippen molar-refractivity contribution in [3.05, 3.63) is 65.6 Å². The van der Waals surface area contributed by atoms with Crippen molar-refractivity contribution >= 4 is 11.9 Å². The number of benzene rings is 1. The summed E-state index contributed by atoms with van der Waals surface area (Å²) in [6, 6.07) is 8.58. The van der Waals surface area contributed by atoms with Crippen molar-refractivity contribution in [2.45, 2.75) is 19.0 Å². The third kappa shape index (κ3) is 3.89. The maximum absolute atomic E-state index is 13.6. The van der Waals surface area contributed by atoms with Crippen LogP contribution >= 0.6 is 0 Å². The van der Waals surface area contributed by atoms with E-state index < -0.39 is 0 Å². The van der Waals surface area contributed by atoms with E-state index in [1.165, 1.54) is 17.3 Å². The highest BCUT2D eigenvalue weighted by Crippen LogP contribution is 2.34. The van der Waals surface area contributed by atoms with Gasteiger partial charge < -0.3 is 14.5 Å². The van der Waals surface area contributed by atoms with Crippen LogP contribution in [0.3, 0.4) is 0 Å². The van der Waals surface area contributed by atoms with Crippen molar-refractivity contribution in [1.82, 2.24) is 14.9 Å². The van der Waals surface area contributed by atoms with Gasteiger partial charge in [-0.05, 0) is 30.7 Å². The van der Waals surface area contributed by atoms with Gasteiger partial charge in [0.15, 0.2) is 12.0 Å². The third-order valence-corrected chi connectivity index (χ3v) is 5.10. The number of methoxy groups -OCH3 is 1. The molecule has 0 spiro atoms. The lowest BCUT2D eigenvalue weighted by Gasteiger charge is -2.41. The van der Waals surface area contributed by atoms with E-state index in [9.17, 15) is 4.39 Å². The van der Waals surface area contributed by atoms with E-state index in [4.69, 9.17) is 9.73 Å². The van der Waals surface area contributed by atoms with Gasteiger partial charge >= 0.3 is 0 Å². The Labute approximate surface area is 164 Å². The Hall–Kier alpha value is -2.80. The zero-order chi connectivity index (χ0) is 19.3. The van der Waals surface area contributed by atoms with E-state index >= 15 is 0 Å². The maximum Gasteiger partial charge on any atom is 0.181 e. The molecule has 0 aliphatic carbocycles. The third-order valence-electron chi connectivity index (χ3n) is 5.10. The van der Waals surface area contributed by atoms with Gasteiger partial charge in [-0.15, -0.1) is 0 Å². The Morgan fingerprint density at radius 2 is 2.07 bits per heavy atom. The lowest BCUT2D eigenvalue weighted by atomic mass is 10.0.